The summed E-state index contributed by atoms with van der Waals surface area (Å²) in [4.78, 5) is 28.0. The van der Waals surface area contributed by atoms with E-state index in [1.807, 2.05) is 0 Å². The maximum atomic E-state index is 12.4. The molecule has 6 nitrogen and oxygen atoms in total. The van der Waals surface area contributed by atoms with Crippen LogP contribution in [-0.2, 0) is 0 Å². The summed E-state index contributed by atoms with van der Waals surface area (Å²) in [6.07, 6.45) is 1.92. The van der Waals surface area contributed by atoms with E-state index in [4.69, 9.17) is 11.6 Å². The molecule has 19 heavy (non-hydrogen) atoms. The zero-order chi connectivity index (χ0) is 13.8. The molecule has 0 radical (unpaired) electrons. The highest BCUT2D eigenvalue weighted by Crippen LogP contribution is 2.23. The molecule has 1 saturated heterocycles. The Morgan fingerprint density at radius 2 is 2.26 bits per heavy atom. The lowest BCUT2D eigenvalue weighted by Gasteiger charge is -2.19. The first-order valence-electron chi connectivity index (χ1n) is 5.76. The van der Waals surface area contributed by atoms with Gasteiger partial charge in [-0.15, -0.1) is 0 Å². The fraction of sp³-hybridized carbons (Fsp3) is 0.455. The summed E-state index contributed by atoms with van der Waals surface area (Å²) in [5, 5.41) is 11.0. The van der Waals surface area contributed by atoms with Crippen molar-refractivity contribution < 1.29 is 9.72 Å². The first-order valence-corrected chi connectivity index (χ1v) is 7.30. The Bertz CT molecular complexity index is 504. The van der Waals surface area contributed by atoms with E-state index in [2.05, 4.69) is 4.98 Å². The van der Waals surface area contributed by atoms with Crippen LogP contribution in [0.3, 0.4) is 0 Å². The van der Waals surface area contributed by atoms with Gasteiger partial charge in [0.1, 0.15) is 16.9 Å². The first kappa shape index (κ1) is 14.1. The summed E-state index contributed by atoms with van der Waals surface area (Å²) in [7, 11) is 0. The smallest absolute Gasteiger partial charge is 0.300 e. The maximum absolute atomic E-state index is 12.4. The van der Waals surface area contributed by atoms with E-state index >= 15 is 0 Å². The Balaban J connectivity index is 2.31. The van der Waals surface area contributed by atoms with Crippen LogP contribution in [0.4, 0.5) is 5.69 Å². The minimum atomic E-state index is -0.608. The second kappa shape index (κ2) is 6.21. The third kappa shape index (κ3) is 3.36. The summed E-state index contributed by atoms with van der Waals surface area (Å²) in [5.74, 6) is 1.50. The predicted octanol–water partition coefficient (Wildman–Crippen LogP) is 2.22. The number of halogens is 1. The molecule has 0 unspecified atom stereocenters. The van der Waals surface area contributed by atoms with Gasteiger partial charge in [-0.25, -0.2) is 4.98 Å². The first-order chi connectivity index (χ1) is 9.09. The lowest BCUT2D eigenvalue weighted by Crippen LogP contribution is -2.33. The Labute approximate surface area is 119 Å². The maximum Gasteiger partial charge on any atom is 0.300 e. The van der Waals surface area contributed by atoms with Gasteiger partial charge in [-0.1, -0.05) is 11.6 Å². The quantitative estimate of drug-likeness (QED) is 0.475. The van der Waals surface area contributed by atoms with E-state index in [0.29, 0.717) is 13.1 Å². The molecule has 1 fully saturated rings. The molecular weight excluding hydrogens is 290 g/mol. The number of amides is 1. The summed E-state index contributed by atoms with van der Waals surface area (Å²) in [6.45, 7) is 1.21. The highest BCUT2D eigenvalue weighted by molar-refractivity contribution is 7.99. The second-order valence-electron chi connectivity index (χ2n) is 4.04. The molecule has 1 amide bonds. The van der Waals surface area contributed by atoms with E-state index < -0.39 is 4.92 Å². The highest BCUT2D eigenvalue weighted by atomic mass is 35.5. The molecule has 0 saturated carbocycles. The fourth-order valence-corrected chi connectivity index (χ4v) is 2.90. The lowest BCUT2D eigenvalue weighted by atomic mass is 10.2. The molecule has 0 bridgehead atoms. The van der Waals surface area contributed by atoms with Crippen LogP contribution < -0.4 is 0 Å². The Kier molecular flexibility index (Phi) is 4.60. The van der Waals surface area contributed by atoms with Crippen LogP contribution in [0.15, 0.2) is 12.3 Å². The Hall–Kier alpha value is -1.34. The molecule has 2 heterocycles. The second-order valence-corrected chi connectivity index (χ2v) is 5.65. The molecule has 0 spiro atoms. The van der Waals surface area contributed by atoms with Gasteiger partial charge in [-0.3, -0.25) is 14.9 Å². The molecule has 0 aromatic carbocycles. The van der Waals surface area contributed by atoms with Crippen molar-refractivity contribution in [1.29, 1.82) is 0 Å². The van der Waals surface area contributed by atoms with Crippen molar-refractivity contribution in [2.24, 2.45) is 0 Å². The van der Waals surface area contributed by atoms with Crippen LogP contribution in [0.5, 0.6) is 0 Å². The largest absolute Gasteiger partial charge is 0.338 e. The Morgan fingerprint density at radius 1 is 1.47 bits per heavy atom. The number of hydrogen-bond acceptors (Lipinski definition) is 5. The summed E-state index contributed by atoms with van der Waals surface area (Å²) in [6, 6.07) is 1.26. The molecule has 0 atom stereocenters. The lowest BCUT2D eigenvalue weighted by molar-refractivity contribution is -0.385. The predicted molar refractivity (Wildman–Crippen MR) is 73.7 cm³/mol. The van der Waals surface area contributed by atoms with Gasteiger partial charge in [-0.05, 0) is 18.2 Å². The molecule has 1 aliphatic rings. The van der Waals surface area contributed by atoms with E-state index in [0.717, 1.165) is 24.1 Å². The molecule has 1 aliphatic heterocycles. The number of carbonyl (C=O) groups excluding carboxylic acids is 1. The van der Waals surface area contributed by atoms with E-state index in [9.17, 15) is 14.9 Å². The molecule has 0 aliphatic carbocycles. The number of pyridine rings is 1. The zero-order valence-electron chi connectivity index (χ0n) is 10.0. The molecule has 8 heteroatoms. The Morgan fingerprint density at radius 3 is 3.00 bits per heavy atom. The monoisotopic (exact) mass is 301 g/mol. The van der Waals surface area contributed by atoms with Gasteiger partial charge in [0.25, 0.3) is 11.6 Å². The molecule has 2 rings (SSSR count). The molecule has 1 aromatic rings. The van der Waals surface area contributed by atoms with Crippen LogP contribution >= 0.6 is 23.4 Å². The van der Waals surface area contributed by atoms with Crippen LogP contribution in [0.1, 0.15) is 16.8 Å². The van der Waals surface area contributed by atoms with Gasteiger partial charge in [0, 0.05) is 18.8 Å². The number of carbonyl (C=O) groups is 1. The van der Waals surface area contributed by atoms with Crippen molar-refractivity contribution in [2.75, 3.05) is 24.6 Å². The van der Waals surface area contributed by atoms with Gasteiger partial charge in [-0.2, -0.15) is 11.8 Å². The molecule has 1 aromatic heterocycles. The van der Waals surface area contributed by atoms with Crippen molar-refractivity contribution in [1.82, 2.24) is 9.88 Å². The van der Waals surface area contributed by atoms with Crippen molar-refractivity contribution >= 4 is 35.0 Å². The number of thioether (sulfide) groups is 1. The SMILES string of the molecule is O=C(c1cc(Cl)ncc1[N+](=O)[O-])N1CCCSCC1. The van der Waals surface area contributed by atoms with Crippen molar-refractivity contribution in [3.8, 4) is 0 Å². The van der Waals surface area contributed by atoms with Gasteiger partial charge in [0.05, 0.1) is 4.92 Å². The molecule has 0 N–H and O–H groups in total. The summed E-state index contributed by atoms with van der Waals surface area (Å²) in [5.41, 5.74) is -0.289. The van der Waals surface area contributed by atoms with Crippen LogP contribution in [0.2, 0.25) is 5.15 Å². The minimum Gasteiger partial charge on any atom is -0.338 e. The van der Waals surface area contributed by atoms with Crippen molar-refractivity contribution in [2.45, 2.75) is 6.42 Å². The number of rotatable bonds is 2. The van der Waals surface area contributed by atoms with Crippen LogP contribution in [-0.4, -0.2) is 45.3 Å². The topological polar surface area (TPSA) is 76.3 Å². The fourth-order valence-electron chi connectivity index (χ4n) is 1.86. The number of hydrogen-bond donors (Lipinski definition) is 0. The van der Waals surface area contributed by atoms with Crippen molar-refractivity contribution in [3.05, 3.63) is 33.1 Å². The van der Waals surface area contributed by atoms with Crippen molar-refractivity contribution in [3.63, 3.8) is 0 Å². The third-order valence-corrected chi connectivity index (χ3v) is 4.04. The van der Waals surface area contributed by atoms with E-state index in [1.54, 1.807) is 16.7 Å². The van der Waals surface area contributed by atoms with Crippen LogP contribution in [0, 0.1) is 10.1 Å². The third-order valence-electron chi connectivity index (χ3n) is 2.79. The summed E-state index contributed by atoms with van der Waals surface area (Å²) < 4.78 is 0. The number of nitrogens with zero attached hydrogens (tertiary/aromatic N) is 3. The van der Waals surface area contributed by atoms with E-state index in [1.165, 1.54) is 6.07 Å². The number of nitro groups is 1. The highest BCUT2D eigenvalue weighted by Gasteiger charge is 2.26. The average Bonchev–Trinajstić information content (AvgIpc) is 2.66. The normalized spacial score (nSPS) is 15.9. The summed E-state index contributed by atoms with van der Waals surface area (Å²) >= 11 is 7.51. The minimum absolute atomic E-state index is 0.0110. The van der Waals surface area contributed by atoms with Gasteiger partial charge < -0.3 is 4.90 Å². The van der Waals surface area contributed by atoms with Gasteiger partial charge in [0.15, 0.2) is 0 Å². The zero-order valence-corrected chi connectivity index (χ0v) is 11.6. The molecule has 102 valence electrons. The van der Waals surface area contributed by atoms with Gasteiger partial charge in [0.2, 0.25) is 0 Å². The van der Waals surface area contributed by atoms with Gasteiger partial charge >= 0.3 is 0 Å². The standard InChI is InChI=1S/C11H12ClN3O3S/c12-10-6-8(9(7-13-10)15(17)18)11(16)14-2-1-4-19-5-3-14/h6-7H,1-5H2. The average molecular weight is 302 g/mol. The van der Waals surface area contributed by atoms with Crippen LogP contribution in [0.25, 0.3) is 0 Å². The molecular formula is C11H12ClN3O3S. The number of aromatic nitrogens is 1. The van der Waals surface area contributed by atoms with E-state index in [-0.39, 0.29) is 22.3 Å².